The summed E-state index contributed by atoms with van der Waals surface area (Å²) in [6.07, 6.45) is -4.21. The van der Waals surface area contributed by atoms with Gasteiger partial charge in [0.15, 0.2) is 23.6 Å². The summed E-state index contributed by atoms with van der Waals surface area (Å²) < 4.78 is 11.8. The fourth-order valence-corrected chi connectivity index (χ4v) is 5.07. The summed E-state index contributed by atoms with van der Waals surface area (Å²) in [4.78, 5) is 37.9. The number of ketones is 3. The van der Waals surface area contributed by atoms with Gasteiger partial charge in [0.05, 0.1) is 23.9 Å². The standard InChI is InChI=1S/C27H31NO9/c1-12(29)15-6-4-5-7-16(15)25(33)17-8-20(31)18-10-27(35,14(3)30)11-21(23(18)26(17)34)37-22-9-19(28)24(32)13(2)36-22/h4-8,13,19,21-22,24,31-32,34-35H,9-11,28H2,1-3H3/t13-,19-,21-,22-,24+,27-/m0/s1. The van der Waals surface area contributed by atoms with Crippen molar-refractivity contribution >= 4 is 17.3 Å². The predicted molar refractivity (Wildman–Crippen MR) is 130 cm³/mol. The van der Waals surface area contributed by atoms with Crippen LogP contribution in [0.3, 0.4) is 0 Å². The summed E-state index contributed by atoms with van der Waals surface area (Å²) in [5, 5.41) is 43.4. The van der Waals surface area contributed by atoms with Crippen LogP contribution in [0.15, 0.2) is 30.3 Å². The quantitative estimate of drug-likeness (QED) is 0.282. The SMILES string of the molecule is CC(=O)c1ccccc1C(=O)c1cc(O)c2c(c1O)[C@@H](O[C@H]1C[C@H](N)[C@H](O)[C@H](C)O1)C[C@](O)(C(C)=O)C2. The number of aliphatic hydroxyl groups is 2. The van der Waals surface area contributed by atoms with E-state index in [0.29, 0.717) is 0 Å². The predicted octanol–water partition coefficient (Wildman–Crippen LogP) is 1.68. The van der Waals surface area contributed by atoms with Gasteiger partial charge in [0.2, 0.25) is 0 Å². The number of fused-ring (bicyclic) bond motifs is 1. The first kappa shape index (κ1) is 26.9. The third kappa shape index (κ3) is 4.90. The van der Waals surface area contributed by atoms with Crippen molar-refractivity contribution in [3.63, 3.8) is 0 Å². The first-order valence-electron chi connectivity index (χ1n) is 12.0. The molecule has 2 aromatic carbocycles. The molecule has 0 unspecified atom stereocenters. The average molecular weight is 514 g/mol. The van der Waals surface area contributed by atoms with Crippen LogP contribution in [-0.2, 0) is 20.7 Å². The second-order valence-electron chi connectivity index (χ2n) is 9.87. The Labute approximate surface area is 213 Å². The summed E-state index contributed by atoms with van der Waals surface area (Å²) in [5.41, 5.74) is 4.11. The molecule has 10 nitrogen and oxygen atoms in total. The van der Waals surface area contributed by atoms with Gasteiger partial charge < -0.3 is 35.6 Å². The van der Waals surface area contributed by atoms with Gasteiger partial charge in [-0.25, -0.2) is 0 Å². The van der Waals surface area contributed by atoms with Gasteiger partial charge in [0.25, 0.3) is 0 Å². The minimum Gasteiger partial charge on any atom is -0.508 e. The van der Waals surface area contributed by atoms with Crippen molar-refractivity contribution in [2.24, 2.45) is 5.73 Å². The topological polar surface area (TPSA) is 177 Å². The number of ether oxygens (including phenoxy) is 2. The molecule has 37 heavy (non-hydrogen) atoms. The number of aromatic hydroxyl groups is 2. The van der Waals surface area contributed by atoms with Gasteiger partial charge in [-0.3, -0.25) is 14.4 Å². The maximum atomic E-state index is 13.4. The number of Topliss-reactive ketones (excluding diaryl/α,β-unsaturated/α-hetero) is 2. The van der Waals surface area contributed by atoms with Gasteiger partial charge in [0.1, 0.15) is 17.1 Å². The van der Waals surface area contributed by atoms with E-state index in [9.17, 15) is 34.8 Å². The summed E-state index contributed by atoms with van der Waals surface area (Å²) in [6.45, 7) is 4.14. The smallest absolute Gasteiger partial charge is 0.197 e. The molecular formula is C27H31NO9. The maximum Gasteiger partial charge on any atom is 0.197 e. The third-order valence-corrected chi connectivity index (χ3v) is 7.26. The highest BCUT2D eigenvalue weighted by Gasteiger charge is 2.46. The second-order valence-corrected chi connectivity index (χ2v) is 9.87. The molecule has 0 radical (unpaired) electrons. The van der Waals surface area contributed by atoms with E-state index in [4.69, 9.17) is 15.2 Å². The number of phenolic OH excluding ortho intramolecular Hbond substituents is 2. The van der Waals surface area contributed by atoms with E-state index in [1.165, 1.54) is 26.0 Å². The zero-order valence-corrected chi connectivity index (χ0v) is 20.8. The fraction of sp³-hybridized carbons (Fsp3) is 0.444. The van der Waals surface area contributed by atoms with Crippen molar-refractivity contribution in [2.75, 3.05) is 0 Å². The first-order valence-corrected chi connectivity index (χ1v) is 12.0. The minimum atomic E-state index is -1.91. The summed E-state index contributed by atoms with van der Waals surface area (Å²) in [7, 11) is 0. The van der Waals surface area contributed by atoms with E-state index in [0.717, 1.165) is 6.07 Å². The normalized spacial score (nSPS) is 29.4. The Morgan fingerprint density at radius 1 is 1.11 bits per heavy atom. The zero-order chi connectivity index (χ0) is 27.2. The van der Waals surface area contributed by atoms with Crippen molar-refractivity contribution in [1.29, 1.82) is 0 Å². The van der Waals surface area contributed by atoms with E-state index in [-0.39, 0.29) is 52.9 Å². The highest BCUT2D eigenvalue weighted by atomic mass is 16.7. The Morgan fingerprint density at radius 3 is 2.35 bits per heavy atom. The Balaban J connectivity index is 1.81. The Hall–Kier alpha value is -3.15. The molecule has 2 aliphatic rings. The molecule has 0 aromatic heterocycles. The lowest BCUT2D eigenvalue weighted by Gasteiger charge is -2.41. The van der Waals surface area contributed by atoms with Crippen molar-refractivity contribution in [1.82, 2.24) is 0 Å². The lowest BCUT2D eigenvalue weighted by Crippen LogP contribution is -2.52. The number of carbonyl (C=O) groups excluding carboxylic acids is 3. The minimum absolute atomic E-state index is 0.0329. The molecular weight excluding hydrogens is 482 g/mol. The molecule has 198 valence electrons. The number of nitrogens with two attached hydrogens (primary N) is 1. The number of hydrogen-bond donors (Lipinski definition) is 5. The lowest BCUT2D eigenvalue weighted by atomic mass is 9.75. The van der Waals surface area contributed by atoms with Crippen molar-refractivity contribution in [2.45, 2.75) is 76.3 Å². The number of benzene rings is 2. The summed E-state index contributed by atoms with van der Waals surface area (Å²) in [6, 6.07) is 6.51. The molecule has 0 amide bonds. The van der Waals surface area contributed by atoms with Crippen LogP contribution < -0.4 is 5.73 Å². The number of aliphatic hydroxyl groups excluding tert-OH is 1. The molecule has 1 fully saturated rings. The van der Waals surface area contributed by atoms with Gasteiger partial charge in [-0.15, -0.1) is 0 Å². The van der Waals surface area contributed by atoms with Gasteiger partial charge in [-0.1, -0.05) is 24.3 Å². The molecule has 1 heterocycles. The zero-order valence-electron chi connectivity index (χ0n) is 20.8. The molecule has 0 spiro atoms. The van der Waals surface area contributed by atoms with Crippen LogP contribution in [-0.4, -0.2) is 67.9 Å². The van der Waals surface area contributed by atoms with E-state index < -0.39 is 59.3 Å². The summed E-state index contributed by atoms with van der Waals surface area (Å²) in [5.74, 6) is -2.53. The number of rotatable bonds is 6. The van der Waals surface area contributed by atoms with Crippen molar-refractivity contribution in [3.05, 3.63) is 58.1 Å². The van der Waals surface area contributed by atoms with E-state index in [1.54, 1.807) is 19.1 Å². The van der Waals surface area contributed by atoms with Gasteiger partial charge in [-0.05, 0) is 26.8 Å². The van der Waals surface area contributed by atoms with Crippen LogP contribution in [0.2, 0.25) is 0 Å². The van der Waals surface area contributed by atoms with Crippen LogP contribution >= 0.6 is 0 Å². The Kier molecular flexibility index (Phi) is 7.24. The second kappa shape index (κ2) is 9.96. The number of carbonyl (C=O) groups is 3. The van der Waals surface area contributed by atoms with Crippen LogP contribution in [0, 0.1) is 0 Å². The number of phenols is 2. The Morgan fingerprint density at radius 2 is 1.76 bits per heavy atom. The molecule has 0 saturated carbocycles. The van der Waals surface area contributed by atoms with Crippen molar-refractivity contribution < 1.29 is 44.3 Å². The largest absolute Gasteiger partial charge is 0.508 e. The molecule has 2 aromatic rings. The molecule has 0 bridgehead atoms. The molecule has 10 heteroatoms. The van der Waals surface area contributed by atoms with Crippen LogP contribution in [0.25, 0.3) is 0 Å². The van der Waals surface area contributed by atoms with Gasteiger partial charge in [-0.2, -0.15) is 0 Å². The Bertz CT molecular complexity index is 1250. The highest BCUT2D eigenvalue weighted by Crippen LogP contribution is 2.48. The van der Waals surface area contributed by atoms with Crippen molar-refractivity contribution in [3.8, 4) is 11.5 Å². The van der Waals surface area contributed by atoms with E-state index >= 15 is 0 Å². The van der Waals surface area contributed by atoms with Gasteiger partial charge in [0, 0.05) is 47.6 Å². The third-order valence-electron chi connectivity index (χ3n) is 7.26. The van der Waals surface area contributed by atoms with E-state index in [2.05, 4.69) is 0 Å². The molecule has 1 aliphatic heterocycles. The molecule has 6 N–H and O–H groups in total. The van der Waals surface area contributed by atoms with Crippen LogP contribution in [0.1, 0.15) is 77.1 Å². The molecule has 6 atom stereocenters. The number of hydrogen-bond acceptors (Lipinski definition) is 10. The highest BCUT2D eigenvalue weighted by molar-refractivity contribution is 6.16. The average Bonchev–Trinajstić information content (AvgIpc) is 2.83. The van der Waals surface area contributed by atoms with Crippen LogP contribution in [0.4, 0.5) is 0 Å². The van der Waals surface area contributed by atoms with Gasteiger partial charge >= 0.3 is 0 Å². The fourth-order valence-electron chi connectivity index (χ4n) is 5.07. The molecule has 4 rings (SSSR count). The lowest BCUT2D eigenvalue weighted by molar-refractivity contribution is -0.247. The molecule has 1 saturated heterocycles. The van der Waals surface area contributed by atoms with Crippen LogP contribution in [0.5, 0.6) is 11.5 Å². The molecule has 1 aliphatic carbocycles. The first-order chi connectivity index (χ1) is 17.3. The summed E-state index contributed by atoms with van der Waals surface area (Å²) >= 11 is 0. The maximum absolute atomic E-state index is 13.4. The monoisotopic (exact) mass is 513 g/mol. The van der Waals surface area contributed by atoms with E-state index in [1.807, 2.05) is 0 Å².